The number of carbonyl (C=O) groups is 3. The zero-order chi connectivity index (χ0) is 75.9. The van der Waals surface area contributed by atoms with Gasteiger partial charge in [0.05, 0.1) is 71.2 Å². The summed E-state index contributed by atoms with van der Waals surface area (Å²) in [4.78, 5) is 40.8. The maximum Gasteiger partial charge on any atom is 0.411 e. The van der Waals surface area contributed by atoms with Crippen molar-refractivity contribution < 1.29 is 99.3 Å². The van der Waals surface area contributed by atoms with Crippen LogP contribution in [0.4, 0.5) is 31.4 Å². The standard InChI is InChI=1S/C62H124N4O22Si12/c1-66(32-33-67)60(70)63-57-30-26-28-53(45-57)42-55-44-56(48-59(47-55)65-62(72)78-41-39-76-52-92(8,9)82-96(16,17)86-100(24,25)88-98(20,21)84-94(12,13)80-90(4,5)50-74-37-35-69)43-54-29-27-31-58(46-54)64-61(71)77-40-38-75-51-91(6,7)81-95(14,15)85-99(22,23)87-97(18,19)83-93(10,11)79-89(2,3)49-73-36-34-68/h26-31,44-48,67-69H,32-43,49-52H2,1-25H3,(H,63,70)(H,64,71)(H,65,72). The normalized spacial score (nSPS) is 13.5. The molecule has 0 heterocycles. The highest BCUT2D eigenvalue weighted by molar-refractivity contribution is 6.93. The topological polar surface area (TPSA) is 299 Å². The van der Waals surface area contributed by atoms with Crippen molar-refractivity contribution in [2.24, 2.45) is 0 Å². The Kier molecular flexibility index (Phi) is 36.5. The van der Waals surface area contributed by atoms with Crippen molar-refractivity contribution in [2.75, 3.05) is 114 Å². The zero-order valence-corrected chi connectivity index (χ0v) is 76.7. The summed E-state index contributed by atoms with van der Waals surface area (Å²) in [6.45, 7) is 49.6. The molecule has 0 radical (unpaired) electrons. The lowest BCUT2D eigenvalue weighted by Gasteiger charge is -2.43. The van der Waals surface area contributed by atoms with E-state index in [0.29, 0.717) is 54.8 Å². The third-order valence-corrected chi connectivity index (χ3v) is 57.4. The molecule has 0 aliphatic carbocycles. The Hall–Kier alpha value is -2.61. The fourth-order valence-electron chi connectivity index (χ4n) is 12.1. The van der Waals surface area contributed by atoms with Crippen molar-refractivity contribution in [1.82, 2.24) is 4.90 Å². The van der Waals surface area contributed by atoms with Gasteiger partial charge in [-0.1, -0.05) is 30.3 Å². The van der Waals surface area contributed by atoms with Gasteiger partial charge in [0.15, 0.2) is 0 Å². The predicted molar refractivity (Wildman–Crippen MR) is 422 cm³/mol. The van der Waals surface area contributed by atoms with Crippen LogP contribution in [0.25, 0.3) is 0 Å². The smallest absolute Gasteiger partial charge is 0.411 e. The molecule has 0 saturated carbocycles. The van der Waals surface area contributed by atoms with Gasteiger partial charge in [0.2, 0.25) is 33.3 Å². The average molecular weight is 1610 g/mol. The van der Waals surface area contributed by atoms with Gasteiger partial charge in [-0.2, -0.15) is 0 Å². The molecule has 6 N–H and O–H groups in total. The van der Waals surface area contributed by atoms with Crippen LogP contribution < -0.4 is 16.0 Å². The summed E-state index contributed by atoms with van der Waals surface area (Å²) >= 11 is 0. The lowest BCUT2D eigenvalue weighted by Crippen LogP contribution is -2.60. The Morgan fingerprint density at radius 2 is 0.620 bits per heavy atom. The van der Waals surface area contributed by atoms with E-state index in [4.69, 9.17) is 74.7 Å². The Balaban J connectivity index is 1.63. The molecule has 0 aliphatic heterocycles. The second-order valence-electron chi connectivity index (χ2n) is 30.8. The minimum atomic E-state index is -2.78. The molecule has 38 heteroatoms. The largest absolute Gasteiger partial charge is 0.447 e. The third-order valence-electron chi connectivity index (χ3n) is 13.5. The molecule has 0 fully saturated rings. The van der Waals surface area contributed by atoms with Crippen molar-refractivity contribution in [2.45, 2.75) is 170 Å². The molecule has 26 nitrogen and oxygen atoms in total. The summed E-state index contributed by atoms with van der Waals surface area (Å²) in [7, 11) is -29.5. The van der Waals surface area contributed by atoms with Crippen molar-refractivity contribution in [3.8, 4) is 0 Å². The number of rotatable bonds is 47. The Morgan fingerprint density at radius 3 is 0.930 bits per heavy atom. The molecule has 3 aromatic rings. The molecule has 0 spiro atoms. The molecule has 0 aromatic heterocycles. The first kappa shape index (κ1) is 91.6. The van der Waals surface area contributed by atoms with E-state index in [-0.39, 0.29) is 72.0 Å². The van der Waals surface area contributed by atoms with Gasteiger partial charge >= 0.3 is 86.7 Å². The zero-order valence-electron chi connectivity index (χ0n) is 64.7. The second-order valence-corrected chi connectivity index (χ2v) is 76.6. The molecule has 0 unspecified atom stereocenters. The van der Waals surface area contributed by atoms with Gasteiger partial charge in [-0.25, -0.2) is 14.4 Å². The van der Waals surface area contributed by atoms with Gasteiger partial charge in [-0.05, 0) is 229 Å². The van der Waals surface area contributed by atoms with Gasteiger partial charge in [0.25, 0.3) is 0 Å². The van der Waals surface area contributed by atoms with Crippen LogP contribution in [0.5, 0.6) is 0 Å². The number of anilines is 3. The SMILES string of the molecule is CN(CCO)C(=O)Nc1cccc(Cc2cc(Cc3cccc(NC(=O)OCCOC[Si](C)(C)O[Si](C)(C)O[Si](C)(C)O[Si](C)(C)O[Si](C)(C)O[Si](C)(C)COCCO)c3)cc(NC(=O)OCCOC[Si](C)(C)O[Si](C)(C)O[Si](C)(C)O[Si](C)(C)O[Si](C)(C)O[Si](C)(C)COCCO)c2)c1. The molecule has 0 aliphatic rings. The van der Waals surface area contributed by atoms with E-state index in [9.17, 15) is 24.6 Å². The van der Waals surface area contributed by atoms with E-state index in [2.05, 4.69) is 68.3 Å². The van der Waals surface area contributed by atoms with Gasteiger partial charge < -0.3 is 95.1 Å². The third kappa shape index (κ3) is 39.7. The second kappa shape index (κ2) is 39.8. The molecule has 572 valence electrons. The van der Waals surface area contributed by atoms with Crippen molar-refractivity contribution in [1.29, 1.82) is 0 Å². The lowest BCUT2D eigenvalue weighted by atomic mass is 9.98. The van der Waals surface area contributed by atoms with E-state index in [0.717, 1.165) is 22.3 Å². The number of hydrogen-bond donors (Lipinski definition) is 6. The lowest BCUT2D eigenvalue weighted by molar-refractivity contribution is 0.0931. The van der Waals surface area contributed by atoms with Crippen molar-refractivity contribution >= 4 is 137 Å². The number of likely N-dealkylation sites (N-methyl/N-ethyl adjacent to an activating group) is 1. The highest BCUT2D eigenvalue weighted by atomic mass is 28.5. The molecule has 0 saturated heterocycles. The van der Waals surface area contributed by atoms with Gasteiger partial charge in [-0.3, -0.25) is 10.6 Å². The van der Waals surface area contributed by atoms with Gasteiger partial charge in [0.1, 0.15) is 13.2 Å². The van der Waals surface area contributed by atoms with Crippen LogP contribution in [0.3, 0.4) is 0 Å². The fourth-order valence-corrected chi connectivity index (χ4v) is 69.6. The summed E-state index contributed by atoms with van der Waals surface area (Å²) in [5, 5.41) is 36.3. The minimum absolute atomic E-state index is 0.0100. The minimum Gasteiger partial charge on any atom is -0.447 e. The maximum atomic E-state index is 13.5. The highest BCUT2D eigenvalue weighted by Crippen LogP contribution is 2.31. The van der Waals surface area contributed by atoms with Crippen LogP contribution in [-0.2, 0) is 82.4 Å². The molecule has 0 bridgehead atoms. The van der Waals surface area contributed by atoms with Crippen LogP contribution >= 0.6 is 0 Å². The first-order valence-corrected chi connectivity index (χ1v) is 69.1. The number of carbonyl (C=O) groups excluding carboxylic acids is 3. The number of aliphatic hydroxyl groups excluding tert-OH is 3. The first-order chi connectivity index (χ1) is 45.8. The number of hydrogen-bond acceptors (Lipinski definition) is 22. The molecular formula is C62H124N4O22Si12. The van der Waals surface area contributed by atoms with E-state index < -0.39 is 114 Å². The fraction of sp³-hybridized carbons (Fsp3) is 0.661. The van der Waals surface area contributed by atoms with E-state index in [1.54, 1.807) is 19.2 Å². The maximum absolute atomic E-state index is 13.5. The number of amides is 4. The summed E-state index contributed by atoms with van der Waals surface area (Å²) in [6, 6.07) is 20.3. The van der Waals surface area contributed by atoms with Crippen LogP contribution in [-0.4, -0.2) is 238 Å². The summed E-state index contributed by atoms with van der Waals surface area (Å²) in [5.74, 6) is 0. The molecule has 3 rings (SSSR count). The highest BCUT2D eigenvalue weighted by Gasteiger charge is 2.50. The number of benzene rings is 3. The number of aliphatic hydroxyl groups is 3. The van der Waals surface area contributed by atoms with Crippen molar-refractivity contribution in [3.05, 3.63) is 89.0 Å². The Morgan fingerprint density at radius 1 is 0.340 bits per heavy atom. The number of nitrogens with one attached hydrogen (secondary N) is 3. The molecule has 0 atom stereocenters. The first-order valence-electron chi connectivity index (χ1n) is 34.1. The number of nitrogens with zero attached hydrogens (tertiary/aromatic N) is 1. The molecular weight excluding hydrogens is 1490 g/mol. The van der Waals surface area contributed by atoms with Crippen LogP contribution in [0.2, 0.25) is 157 Å². The number of urea groups is 1. The summed E-state index contributed by atoms with van der Waals surface area (Å²) in [6.07, 6.45) is 1.16. The van der Waals surface area contributed by atoms with Crippen LogP contribution in [0.1, 0.15) is 22.3 Å². The molecule has 3 aromatic carbocycles. The van der Waals surface area contributed by atoms with Crippen LogP contribution in [0.15, 0.2) is 66.7 Å². The predicted octanol–water partition coefficient (Wildman–Crippen LogP) is 12.2. The van der Waals surface area contributed by atoms with Crippen molar-refractivity contribution in [3.63, 3.8) is 0 Å². The summed E-state index contributed by atoms with van der Waals surface area (Å²) < 4.78 is 102. The monoisotopic (exact) mass is 1610 g/mol. The quantitative estimate of drug-likeness (QED) is 0.0226. The molecule has 4 amide bonds. The summed E-state index contributed by atoms with van der Waals surface area (Å²) in [5.41, 5.74) is 5.10. The number of ether oxygens (including phenoxy) is 6. The van der Waals surface area contributed by atoms with E-state index in [1.165, 1.54) is 4.90 Å². The average Bonchev–Trinajstić information content (AvgIpc) is 0.817. The van der Waals surface area contributed by atoms with Gasteiger partial charge in [-0.15, -0.1) is 0 Å². The Bertz CT molecular complexity index is 3030. The Labute approximate surface area is 610 Å². The van der Waals surface area contributed by atoms with E-state index >= 15 is 0 Å². The van der Waals surface area contributed by atoms with Gasteiger partial charge in [0, 0.05) is 30.7 Å². The van der Waals surface area contributed by atoms with Crippen LogP contribution in [0, 0.1) is 0 Å². The van der Waals surface area contributed by atoms with E-state index in [1.807, 2.05) is 159 Å². The molecule has 100 heavy (non-hydrogen) atoms.